The minimum absolute atomic E-state index is 0.313. The SMILES string of the molecule is Cc1ccc(CN2CCC3(CC2)CCN(Cc2cccnc2)C[C@@H]3CO)s1. The van der Waals surface area contributed by atoms with E-state index in [-0.39, 0.29) is 0 Å². The molecule has 2 aliphatic rings. The van der Waals surface area contributed by atoms with E-state index in [1.165, 1.54) is 34.6 Å². The van der Waals surface area contributed by atoms with Crippen LogP contribution in [0.15, 0.2) is 36.7 Å². The zero-order valence-corrected chi connectivity index (χ0v) is 17.1. The van der Waals surface area contributed by atoms with E-state index in [9.17, 15) is 5.11 Å². The molecule has 1 N–H and O–H groups in total. The molecule has 0 amide bonds. The van der Waals surface area contributed by atoms with Crippen LogP contribution in [0, 0.1) is 18.3 Å². The normalized spacial score (nSPS) is 23.7. The third kappa shape index (κ3) is 4.43. The van der Waals surface area contributed by atoms with Gasteiger partial charge in [-0.25, -0.2) is 0 Å². The summed E-state index contributed by atoms with van der Waals surface area (Å²) in [5.41, 5.74) is 1.61. The minimum atomic E-state index is 0.313. The first-order valence-corrected chi connectivity index (χ1v) is 11.0. The first-order chi connectivity index (χ1) is 13.2. The second-order valence-corrected chi connectivity index (χ2v) is 9.75. The van der Waals surface area contributed by atoms with Gasteiger partial charge in [-0.15, -0.1) is 11.3 Å². The average molecular weight is 386 g/mol. The molecule has 146 valence electrons. The predicted molar refractivity (Wildman–Crippen MR) is 111 cm³/mol. The molecule has 4 nitrogen and oxygen atoms in total. The summed E-state index contributed by atoms with van der Waals surface area (Å²) in [6.45, 7) is 9.01. The lowest BCUT2D eigenvalue weighted by Crippen LogP contribution is -2.53. The lowest BCUT2D eigenvalue weighted by Gasteiger charge is -2.51. The van der Waals surface area contributed by atoms with E-state index in [1.807, 2.05) is 29.8 Å². The van der Waals surface area contributed by atoms with E-state index in [2.05, 4.69) is 39.9 Å². The van der Waals surface area contributed by atoms with E-state index in [4.69, 9.17) is 0 Å². The van der Waals surface area contributed by atoms with Crippen molar-refractivity contribution < 1.29 is 5.11 Å². The van der Waals surface area contributed by atoms with Crippen LogP contribution in [0.25, 0.3) is 0 Å². The summed E-state index contributed by atoms with van der Waals surface area (Å²) in [4.78, 5) is 12.2. The Morgan fingerprint density at radius 1 is 1.11 bits per heavy atom. The van der Waals surface area contributed by atoms with E-state index in [1.54, 1.807) is 0 Å². The molecule has 2 aliphatic heterocycles. The number of aromatic nitrogens is 1. The number of hydrogen-bond donors (Lipinski definition) is 1. The summed E-state index contributed by atoms with van der Waals surface area (Å²) in [6, 6.07) is 8.66. The van der Waals surface area contributed by atoms with Gasteiger partial charge in [0.05, 0.1) is 0 Å². The molecular weight excluding hydrogens is 354 g/mol. The summed E-state index contributed by atoms with van der Waals surface area (Å²) in [5.74, 6) is 0.397. The Balaban J connectivity index is 1.33. The van der Waals surface area contributed by atoms with Crippen molar-refractivity contribution in [3.8, 4) is 0 Å². The molecule has 2 saturated heterocycles. The van der Waals surface area contributed by atoms with Gasteiger partial charge < -0.3 is 5.11 Å². The molecule has 2 fully saturated rings. The molecule has 1 atom stereocenters. The van der Waals surface area contributed by atoms with Gasteiger partial charge in [-0.2, -0.15) is 0 Å². The van der Waals surface area contributed by atoms with Crippen molar-refractivity contribution >= 4 is 11.3 Å². The molecule has 1 spiro atoms. The number of nitrogens with zero attached hydrogens (tertiary/aromatic N) is 3. The number of aliphatic hydroxyl groups excluding tert-OH is 1. The number of pyridine rings is 1. The van der Waals surface area contributed by atoms with Crippen LogP contribution >= 0.6 is 11.3 Å². The molecule has 0 saturated carbocycles. The van der Waals surface area contributed by atoms with Crippen molar-refractivity contribution in [3.63, 3.8) is 0 Å². The Hall–Kier alpha value is -1.27. The van der Waals surface area contributed by atoms with E-state index in [0.717, 1.165) is 39.3 Å². The number of aliphatic hydroxyl groups is 1. The van der Waals surface area contributed by atoms with Crippen LogP contribution in [0.1, 0.15) is 34.6 Å². The van der Waals surface area contributed by atoms with Crippen molar-refractivity contribution in [2.24, 2.45) is 11.3 Å². The van der Waals surface area contributed by atoms with Crippen LogP contribution in [-0.2, 0) is 13.1 Å². The molecule has 4 heterocycles. The standard InChI is InChI=1S/C22H31N3OS/c1-18-4-5-21(27-18)16-24-10-6-22(7-11-24)8-12-25(15-20(22)17-26)14-19-3-2-9-23-13-19/h2-5,9,13,20,26H,6-8,10-12,14-17H2,1H3/t20-/m1/s1. The lowest BCUT2D eigenvalue weighted by atomic mass is 9.64. The van der Waals surface area contributed by atoms with Crippen LogP contribution in [-0.4, -0.2) is 52.7 Å². The highest BCUT2D eigenvalue weighted by atomic mass is 32.1. The number of likely N-dealkylation sites (tertiary alicyclic amines) is 2. The maximum atomic E-state index is 10.1. The number of thiophene rings is 1. The molecule has 0 bridgehead atoms. The third-order valence-electron chi connectivity index (χ3n) is 6.65. The summed E-state index contributed by atoms with van der Waals surface area (Å²) >= 11 is 1.92. The van der Waals surface area contributed by atoms with Gasteiger partial charge in [-0.1, -0.05) is 6.07 Å². The maximum Gasteiger partial charge on any atom is 0.0476 e. The average Bonchev–Trinajstić information content (AvgIpc) is 3.11. The number of aryl methyl sites for hydroxylation is 1. The predicted octanol–water partition coefficient (Wildman–Crippen LogP) is 3.55. The zero-order valence-electron chi connectivity index (χ0n) is 16.3. The quantitative estimate of drug-likeness (QED) is 0.854. The van der Waals surface area contributed by atoms with Gasteiger partial charge in [0.15, 0.2) is 0 Å². The van der Waals surface area contributed by atoms with Crippen LogP contribution < -0.4 is 0 Å². The van der Waals surface area contributed by atoms with Gasteiger partial charge in [0.1, 0.15) is 0 Å². The smallest absolute Gasteiger partial charge is 0.0476 e. The monoisotopic (exact) mass is 385 g/mol. The summed E-state index contributed by atoms with van der Waals surface area (Å²) in [6.07, 6.45) is 7.46. The first kappa shape index (κ1) is 19.1. The summed E-state index contributed by atoms with van der Waals surface area (Å²) < 4.78 is 0. The second-order valence-electron chi connectivity index (χ2n) is 8.38. The highest BCUT2D eigenvalue weighted by molar-refractivity contribution is 7.11. The molecular formula is C22H31N3OS. The fraction of sp³-hybridized carbons (Fsp3) is 0.591. The van der Waals surface area contributed by atoms with Crippen LogP contribution in [0.5, 0.6) is 0 Å². The van der Waals surface area contributed by atoms with Crippen molar-refractivity contribution in [3.05, 3.63) is 52.0 Å². The van der Waals surface area contributed by atoms with Crippen molar-refractivity contribution in [2.45, 2.75) is 39.3 Å². The molecule has 0 aromatic carbocycles. The van der Waals surface area contributed by atoms with E-state index < -0.39 is 0 Å². The molecule has 0 aliphatic carbocycles. The Bertz CT molecular complexity index is 724. The minimum Gasteiger partial charge on any atom is -0.396 e. The summed E-state index contributed by atoms with van der Waals surface area (Å²) in [7, 11) is 0. The molecule has 5 heteroatoms. The number of hydrogen-bond acceptors (Lipinski definition) is 5. The van der Waals surface area contributed by atoms with Gasteiger partial charge >= 0.3 is 0 Å². The van der Waals surface area contributed by atoms with Crippen LogP contribution in [0.2, 0.25) is 0 Å². The zero-order chi connectivity index (χ0) is 18.7. The highest BCUT2D eigenvalue weighted by Gasteiger charge is 2.44. The third-order valence-corrected chi connectivity index (χ3v) is 7.63. The number of piperidine rings is 2. The second kappa shape index (κ2) is 8.39. The van der Waals surface area contributed by atoms with Gasteiger partial charge in [-0.3, -0.25) is 14.8 Å². The van der Waals surface area contributed by atoms with Crippen LogP contribution in [0.4, 0.5) is 0 Å². The molecule has 27 heavy (non-hydrogen) atoms. The highest BCUT2D eigenvalue weighted by Crippen LogP contribution is 2.45. The van der Waals surface area contributed by atoms with Gasteiger partial charge in [0.25, 0.3) is 0 Å². The van der Waals surface area contributed by atoms with Crippen molar-refractivity contribution in [1.29, 1.82) is 0 Å². The summed E-state index contributed by atoms with van der Waals surface area (Å²) in [5, 5.41) is 10.1. The molecule has 2 aromatic heterocycles. The molecule has 0 unspecified atom stereocenters. The van der Waals surface area contributed by atoms with Gasteiger partial charge in [0.2, 0.25) is 0 Å². The maximum absolute atomic E-state index is 10.1. The fourth-order valence-electron chi connectivity index (χ4n) is 4.93. The van der Waals surface area contributed by atoms with Crippen molar-refractivity contribution in [1.82, 2.24) is 14.8 Å². The molecule has 4 rings (SSSR count). The topological polar surface area (TPSA) is 39.6 Å². The molecule has 2 aromatic rings. The first-order valence-electron chi connectivity index (χ1n) is 10.2. The van der Waals surface area contributed by atoms with Gasteiger partial charge in [-0.05, 0) is 75.0 Å². The number of rotatable bonds is 5. The van der Waals surface area contributed by atoms with Crippen molar-refractivity contribution in [2.75, 3.05) is 32.8 Å². The lowest BCUT2D eigenvalue weighted by molar-refractivity contribution is -0.0448. The van der Waals surface area contributed by atoms with E-state index >= 15 is 0 Å². The Morgan fingerprint density at radius 2 is 1.89 bits per heavy atom. The van der Waals surface area contributed by atoms with Gasteiger partial charge in [0, 0.05) is 54.3 Å². The van der Waals surface area contributed by atoms with Crippen LogP contribution in [0.3, 0.4) is 0 Å². The fourth-order valence-corrected chi connectivity index (χ4v) is 5.86. The van der Waals surface area contributed by atoms with E-state index in [0.29, 0.717) is 17.9 Å². The Morgan fingerprint density at radius 3 is 2.52 bits per heavy atom. The Kier molecular flexibility index (Phi) is 5.93. The molecule has 0 radical (unpaired) electrons. The Labute approximate surface area is 166 Å². The largest absolute Gasteiger partial charge is 0.396 e.